The van der Waals surface area contributed by atoms with Gasteiger partial charge in [0.25, 0.3) is 0 Å². The lowest BCUT2D eigenvalue weighted by Crippen LogP contribution is -2.35. The van der Waals surface area contributed by atoms with Crippen molar-refractivity contribution in [3.05, 3.63) is 88.4 Å². The molecule has 1 saturated heterocycles. The van der Waals surface area contributed by atoms with Crippen molar-refractivity contribution in [2.24, 2.45) is 0 Å². The first-order valence-corrected chi connectivity index (χ1v) is 11.2. The average molecular weight is 434 g/mol. The minimum Gasteiger partial charge on any atom is -0.490 e. The van der Waals surface area contributed by atoms with Gasteiger partial charge in [-0.15, -0.1) is 0 Å². The van der Waals surface area contributed by atoms with E-state index in [1.807, 2.05) is 37.3 Å². The molecule has 3 aromatic carbocycles. The Morgan fingerprint density at radius 1 is 0.968 bits per heavy atom. The lowest BCUT2D eigenvalue weighted by molar-refractivity contribution is 0.0993. The lowest BCUT2D eigenvalue weighted by atomic mass is 9.99. The highest BCUT2D eigenvalue weighted by molar-refractivity contribution is 6.31. The molecule has 0 aromatic heterocycles. The molecule has 0 spiro atoms. The molecule has 0 aliphatic carbocycles. The zero-order chi connectivity index (χ0) is 21.8. The highest BCUT2D eigenvalue weighted by Crippen LogP contribution is 2.25. The number of rotatable bonds is 6. The van der Waals surface area contributed by atoms with Crippen LogP contribution in [0.3, 0.4) is 0 Å². The number of likely N-dealkylation sites (tertiary alicyclic amines) is 1. The van der Waals surface area contributed by atoms with Crippen molar-refractivity contribution in [1.29, 1.82) is 0 Å². The number of ketones is 1. The molecule has 0 radical (unpaired) electrons. The van der Waals surface area contributed by atoms with Gasteiger partial charge in [-0.3, -0.25) is 4.79 Å². The number of hydrogen-bond donors (Lipinski definition) is 0. The molecule has 1 aliphatic rings. The quantitative estimate of drug-likeness (QED) is 0.432. The first-order chi connectivity index (χ1) is 15.0. The van der Waals surface area contributed by atoms with Crippen molar-refractivity contribution in [3.8, 4) is 16.9 Å². The second-order valence-electron chi connectivity index (χ2n) is 8.41. The summed E-state index contributed by atoms with van der Waals surface area (Å²) in [5, 5.41) is 0.684. The summed E-state index contributed by atoms with van der Waals surface area (Å²) in [5.74, 6) is 1.03. The fourth-order valence-electron chi connectivity index (χ4n) is 3.94. The molecule has 0 saturated carbocycles. The molecule has 3 nitrogen and oxygen atoms in total. The molecule has 3 aromatic rings. The Kier molecular flexibility index (Phi) is 6.74. The van der Waals surface area contributed by atoms with Gasteiger partial charge in [-0.2, -0.15) is 0 Å². The fourth-order valence-corrected chi connectivity index (χ4v) is 4.06. The second-order valence-corrected chi connectivity index (χ2v) is 8.81. The van der Waals surface area contributed by atoms with E-state index in [4.69, 9.17) is 16.3 Å². The van der Waals surface area contributed by atoms with Crippen LogP contribution in [-0.4, -0.2) is 36.9 Å². The summed E-state index contributed by atoms with van der Waals surface area (Å²) in [7, 11) is 2.16. The normalized spacial score (nSPS) is 15.1. The van der Waals surface area contributed by atoms with E-state index in [-0.39, 0.29) is 5.78 Å². The van der Waals surface area contributed by atoms with E-state index in [0.29, 0.717) is 23.1 Å². The average Bonchev–Trinajstić information content (AvgIpc) is 2.78. The minimum atomic E-state index is 0.0999. The molecule has 1 aliphatic heterocycles. The van der Waals surface area contributed by atoms with Gasteiger partial charge in [-0.25, -0.2) is 0 Å². The first-order valence-electron chi connectivity index (χ1n) is 10.8. The molecule has 0 amide bonds. The summed E-state index contributed by atoms with van der Waals surface area (Å²) in [6, 6.07) is 21.9. The van der Waals surface area contributed by atoms with Crippen LogP contribution in [0.2, 0.25) is 5.02 Å². The maximum absolute atomic E-state index is 12.6. The molecule has 4 heteroatoms. The molecule has 4 rings (SSSR count). The Balaban J connectivity index is 1.37. The third-order valence-electron chi connectivity index (χ3n) is 5.95. The predicted octanol–water partition coefficient (Wildman–Crippen LogP) is 6.21. The topological polar surface area (TPSA) is 29.5 Å². The van der Waals surface area contributed by atoms with Crippen molar-refractivity contribution in [1.82, 2.24) is 4.90 Å². The summed E-state index contributed by atoms with van der Waals surface area (Å²) in [4.78, 5) is 14.9. The monoisotopic (exact) mass is 433 g/mol. The van der Waals surface area contributed by atoms with Crippen LogP contribution < -0.4 is 4.74 Å². The van der Waals surface area contributed by atoms with Gasteiger partial charge in [0, 0.05) is 30.1 Å². The van der Waals surface area contributed by atoms with Gasteiger partial charge in [0.15, 0.2) is 5.78 Å². The number of nitrogens with zero attached hydrogens (tertiary/aromatic N) is 1. The van der Waals surface area contributed by atoms with E-state index in [9.17, 15) is 4.79 Å². The van der Waals surface area contributed by atoms with Gasteiger partial charge >= 0.3 is 0 Å². The Morgan fingerprint density at radius 2 is 1.58 bits per heavy atom. The van der Waals surface area contributed by atoms with Crippen molar-refractivity contribution >= 4 is 17.4 Å². The maximum Gasteiger partial charge on any atom is 0.167 e. The molecule has 1 fully saturated rings. The molecule has 0 bridgehead atoms. The number of benzene rings is 3. The van der Waals surface area contributed by atoms with Crippen LogP contribution in [0.1, 0.15) is 34.3 Å². The Morgan fingerprint density at radius 3 is 2.19 bits per heavy atom. The number of piperidine rings is 1. The highest BCUT2D eigenvalue weighted by atomic mass is 35.5. The molecule has 1 heterocycles. The zero-order valence-electron chi connectivity index (χ0n) is 18.1. The van der Waals surface area contributed by atoms with Crippen molar-refractivity contribution < 1.29 is 9.53 Å². The van der Waals surface area contributed by atoms with E-state index >= 15 is 0 Å². The predicted molar refractivity (Wildman–Crippen MR) is 127 cm³/mol. The standard InChI is InChI=1S/C27H28ClNO2/c1-19-17-23(9-12-26(19)28)27(30)18-20-3-5-21(6-4-20)22-7-10-24(11-8-22)31-25-13-15-29(2)16-14-25/h3-12,17,25H,13-16,18H2,1-2H3. The van der Waals surface area contributed by atoms with Gasteiger partial charge in [-0.1, -0.05) is 48.0 Å². The Bertz CT molecular complexity index is 1040. The van der Waals surface area contributed by atoms with E-state index in [1.54, 1.807) is 12.1 Å². The van der Waals surface area contributed by atoms with Crippen molar-refractivity contribution in [2.45, 2.75) is 32.3 Å². The smallest absolute Gasteiger partial charge is 0.167 e. The SMILES string of the molecule is Cc1cc(C(=O)Cc2ccc(-c3ccc(OC4CCN(C)CC4)cc3)cc2)ccc1Cl. The maximum atomic E-state index is 12.6. The molecule has 160 valence electrons. The Labute approximate surface area is 189 Å². The van der Waals surface area contributed by atoms with E-state index in [2.05, 4.69) is 36.2 Å². The molecule has 31 heavy (non-hydrogen) atoms. The lowest BCUT2D eigenvalue weighted by Gasteiger charge is -2.29. The minimum absolute atomic E-state index is 0.0999. The largest absolute Gasteiger partial charge is 0.490 e. The van der Waals surface area contributed by atoms with Gasteiger partial charge in [0.05, 0.1) is 0 Å². The van der Waals surface area contributed by atoms with Crippen LogP contribution in [0.5, 0.6) is 5.75 Å². The number of carbonyl (C=O) groups is 1. The van der Waals surface area contributed by atoms with Crippen molar-refractivity contribution in [3.63, 3.8) is 0 Å². The van der Waals surface area contributed by atoms with Crippen LogP contribution >= 0.6 is 11.6 Å². The fraction of sp³-hybridized carbons (Fsp3) is 0.296. The number of aryl methyl sites for hydroxylation is 1. The number of Topliss-reactive ketones (excluding diaryl/α,β-unsaturated/α-hetero) is 1. The van der Waals surface area contributed by atoms with E-state index < -0.39 is 0 Å². The van der Waals surface area contributed by atoms with Crippen LogP contribution in [0, 0.1) is 6.92 Å². The number of halogens is 1. The number of hydrogen-bond acceptors (Lipinski definition) is 3. The summed E-state index contributed by atoms with van der Waals surface area (Å²) in [5.41, 5.74) is 4.90. The van der Waals surface area contributed by atoms with Gasteiger partial charge in [0.1, 0.15) is 11.9 Å². The molecule has 0 unspecified atom stereocenters. The van der Waals surface area contributed by atoms with Crippen LogP contribution in [0.4, 0.5) is 0 Å². The van der Waals surface area contributed by atoms with Gasteiger partial charge in [-0.05, 0) is 79.4 Å². The zero-order valence-corrected chi connectivity index (χ0v) is 18.9. The third kappa shape index (κ3) is 5.55. The summed E-state index contributed by atoms with van der Waals surface area (Å²) < 4.78 is 6.14. The van der Waals surface area contributed by atoms with Crippen LogP contribution in [-0.2, 0) is 6.42 Å². The van der Waals surface area contributed by atoms with Gasteiger partial charge in [0.2, 0.25) is 0 Å². The third-order valence-corrected chi connectivity index (χ3v) is 6.38. The van der Waals surface area contributed by atoms with Crippen LogP contribution in [0.15, 0.2) is 66.7 Å². The molecule has 0 atom stereocenters. The van der Waals surface area contributed by atoms with Gasteiger partial charge < -0.3 is 9.64 Å². The summed E-state index contributed by atoms with van der Waals surface area (Å²) in [6.07, 6.45) is 2.84. The number of ether oxygens (including phenoxy) is 1. The highest BCUT2D eigenvalue weighted by Gasteiger charge is 2.18. The second kappa shape index (κ2) is 9.67. The van der Waals surface area contributed by atoms with E-state index in [1.165, 1.54) is 0 Å². The molecular weight excluding hydrogens is 406 g/mol. The first kappa shape index (κ1) is 21.6. The van der Waals surface area contributed by atoms with Crippen molar-refractivity contribution in [2.75, 3.05) is 20.1 Å². The van der Waals surface area contributed by atoms with E-state index in [0.717, 1.165) is 53.9 Å². The molecule has 0 N–H and O–H groups in total. The summed E-state index contributed by atoms with van der Waals surface area (Å²) >= 11 is 6.06. The number of carbonyl (C=O) groups excluding carboxylic acids is 1. The molecular formula is C27H28ClNO2. The van der Waals surface area contributed by atoms with Crippen LogP contribution in [0.25, 0.3) is 11.1 Å². The Hall–Kier alpha value is -2.62. The summed E-state index contributed by atoms with van der Waals surface area (Å²) in [6.45, 7) is 4.10.